The average Bonchev–Trinajstić information content (AvgIpc) is 3.04. The summed E-state index contributed by atoms with van der Waals surface area (Å²) in [5.41, 5.74) is -0.388. The Hall–Kier alpha value is -2.25. The summed E-state index contributed by atoms with van der Waals surface area (Å²) in [7, 11) is 1.34. The standard InChI is InChI=1S/C17H23F2N3O3/c1-11(2)14(15(23)24)21(3)16(25)22-10-6-8-13(22)17(18,19)12-7-4-5-9-20-12/h4-5,7,9,11,13-14H,6,8,10H2,1-3H3,(H,23,24)/t13-,14+/m1/s1. The van der Waals surface area contributed by atoms with Gasteiger partial charge in [-0.2, -0.15) is 8.78 Å². The minimum atomic E-state index is -3.30. The Labute approximate surface area is 145 Å². The zero-order valence-corrected chi connectivity index (χ0v) is 14.5. The van der Waals surface area contributed by atoms with Crippen LogP contribution in [0.4, 0.5) is 13.6 Å². The third-order valence-corrected chi connectivity index (χ3v) is 4.53. The average molecular weight is 355 g/mol. The van der Waals surface area contributed by atoms with Crippen LogP contribution in [0.25, 0.3) is 0 Å². The van der Waals surface area contributed by atoms with Crippen molar-refractivity contribution in [3.05, 3.63) is 30.1 Å². The predicted molar refractivity (Wildman–Crippen MR) is 87.3 cm³/mol. The summed E-state index contributed by atoms with van der Waals surface area (Å²) in [5.74, 6) is -4.80. The van der Waals surface area contributed by atoms with Crippen molar-refractivity contribution in [2.75, 3.05) is 13.6 Å². The number of nitrogens with zero attached hydrogens (tertiary/aromatic N) is 3. The van der Waals surface area contributed by atoms with Crippen molar-refractivity contribution in [3.8, 4) is 0 Å². The van der Waals surface area contributed by atoms with E-state index in [1.807, 2.05) is 0 Å². The highest BCUT2D eigenvalue weighted by atomic mass is 19.3. The minimum absolute atomic E-state index is 0.141. The summed E-state index contributed by atoms with van der Waals surface area (Å²) in [6.07, 6.45) is 1.87. The molecule has 1 N–H and O–H groups in total. The predicted octanol–water partition coefficient (Wildman–Crippen LogP) is 2.80. The van der Waals surface area contributed by atoms with E-state index in [2.05, 4.69) is 4.98 Å². The second kappa shape index (κ2) is 7.33. The highest BCUT2D eigenvalue weighted by molar-refractivity contribution is 5.83. The van der Waals surface area contributed by atoms with E-state index in [4.69, 9.17) is 0 Å². The smallest absolute Gasteiger partial charge is 0.326 e. The van der Waals surface area contributed by atoms with Crippen molar-refractivity contribution in [1.29, 1.82) is 0 Å². The van der Waals surface area contributed by atoms with Gasteiger partial charge < -0.3 is 14.9 Å². The molecule has 1 fully saturated rings. The fourth-order valence-corrected chi connectivity index (χ4v) is 3.32. The summed E-state index contributed by atoms with van der Waals surface area (Å²) in [4.78, 5) is 30.0. The number of urea groups is 1. The molecule has 8 heteroatoms. The maximum absolute atomic E-state index is 14.9. The zero-order chi connectivity index (χ0) is 18.8. The molecular weight excluding hydrogens is 332 g/mol. The fourth-order valence-electron chi connectivity index (χ4n) is 3.32. The number of carboxylic acids is 1. The van der Waals surface area contributed by atoms with Crippen LogP contribution in [-0.2, 0) is 10.7 Å². The van der Waals surface area contributed by atoms with Crippen LogP contribution in [0, 0.1) is 5.92 Å². The van der Waals surface area contributed by atoms with E-state index in [0.29, 0.717) is 6.42 Å². The molecule has 1 aromatic heterocycles. The number of aromatic nitrogens is 1. The third-order valence-electron chi connectivity index (χ3n) is 4.53. The van der Waals surface area contributed by atoms with Gasteiger partial charge in [0.2, 0.25) is 0 Å². The number of alkyl halides is 2. The molecule has 138 valence electrons. The minimum Gasteiger partial charge on any atom is -0.480 e. The van der Waals surface area contributed by atoms with Crippen LogP contribution in [0.1, 0.15) is 32.4 Å². The first-order valence-corrected chi connectivity index (χ1v) is 8.23. The molecule has 6 nitrogen and oxygen atoms in total. The van der Waals surface area contributed by atoms with Crippen LogP contribution < -0.4 is 0 Å². The zero-order valence-electron chi connectivity index (χ0n) is 14.5. The van der Waals surface area contributed by atoms with E-state index < -0.39 is 30.0 Å². The van der Waals surface area contributed by atoms with Crippen LogP contribution >= 0.6 is 0 Å². The van der Waals surface area contributed by atoms with Crippen molar-refractivity contribution in [2.45, 2.75) is 44.7 Å². The Morgan fingerprint density at radius 1 is 1.40 bits per heavy atom. The lowest BCUT2D eigenvalue weighted by atomic mass is 10.0. The number of carbonyl (C=O) groups is 2. The number of rotatable bonds is 5. The number of aliphatic carboxylic acids is 1. The third kappa shape index (κ3) is 3.72. The highest BCUT2D eigenvalue weighted by Gasteiger charge is 2.50. The molecule has 2 amide bonds. The SMILES string of the molecule is CC(C)[C@@H](C(=O)O)N(C)C(=O)N1CCC[C@@H]1C(F)(F)c1ccccn1. The number of likely N-dealkylation sites (N-methyl/N-ethyl adjacent to an activating group) is 1. The number of carboxylic acid groups (broad SMARTS) is 1. The Kier molecular flexibility index (Phi) is 5.59. The van der Waals surface area contributed by atoms with Crippen LogP contribution in [-0.4, -0.2) is 57.6 Å². The summed E-state index contributed by atoms with van der Waals surface area (Å²) in [6, 6.07) is 1.16. The second-order valence-electron chi connectivity index (χ2n) is 6.61. The van der Waals surface area contributed by atoms with E-state index in [0.717, 1.165) is 9.80 Å². The monoisotopic (exact) mass is 355 g/mol. The molecule has 1 aliphatic rings. The molecule has 0 spiro atoms. The molecule has 0 aromatic carbocycles. The van der Waals surface area contributed by atoms with Gasteiger partial charge in [0.05, 0.1) is 0 Å². The van der Waals surface area contributed by atoms with Crippen molar-refractivity contribution in [2.24, 2.45) is 5.92 Å². The number of amides is 2. The molecule has 25 heavy (non-hydrogen) atoms. The van der Waals surface area contributed by atoms with Gasteiger partial charge in [-0.25, -0.2) is 9.59 Å². The summed E-state index contributed by atoms with van der Waals surface area (Å²) in [6.45, 7) is 3.51. The van der Waals surface area contributed by atoms with E-state index in [1.54, 1.807) is 19.9 Å². The maximum atomic E-state index is 14.9. The van der Waals surface area contributed by atoms with Gasteiger partial charge in [0.15, 0.2) is 0 Å². The van der Waals surface area contributed by atoms with E-state index in [1.165, 1.54) is 25.4 Å². The van der Waals surface area contributed by atoms with Gasteiger partial charge in [-0.05, 0) is 30.9 Å². The number of pyridine rings is 1. The normalized spacial score (nSPS) is 19.1. The molecule has 0 saturated carbocycles. The summed E-state index contributed by atoms with van der Waals surface area (Å²) >= 11 is 0. The molecule has 2 heterocycles. The first-order chi connectivity index (χ1) is 11.7. The van der Waals surface area contributed by atoms with Gasteiger partial charge in [0, 0.05) is 19.8 Å². The molecule has 0 unspecified atom stereocenters. The maximum Gasteiger partial charge on any atom is 0.326 e. The number of hydrogen-bond donors (Lipinski definition) is 1. The molecule has 1 aromatic rings. The Bertz CT molecular complexity index is 625. The molecule has 0 aliphatic carbocycles. The molecule has 0 radical (unpaired) electrons. The molecule has 0 bridgehead atoms. The lowest BCUT2D eigenvalue weighted by Crippen LogP contribution is -2.55. The lowest BCUT2D eigenvalue weighted by Gasteiger charge is -2.36. The van der Waals surface area contributed by atoms with Crippen molar-refractivity contribution in [3.63, 3.8) is 0 Å². The van der Waals surface area contributed by atoms with Crippen LogP contribution in [0.2, 0.25) is 0 Å². The number of halogens is 2. The molecule has 2 rings (SSSR count). The second-order valence-corrected chi connectivity index (χ2v) is 6.61. The van der Waals surface area contributed by atoms with E-state index >= 15 is 0 Å². The van der Waals surface area contributed by atoms with Gasteiger partial charge in [0.1, 0.15) is 17.8 Å². The quantitative estimate of drug-likeness (QED) is 0.881. The summed E-state index contributed by atoms with van der Waals surface area (Å²) < 4.78 is 29.7. The first-order valence-electron chi connectivity index (χ1n) is 8.23. The van der Waals surface area contributed by atoms with E-state index in [-0.39, 0.29) is 24.6 Å². The number of hydrogen-bond acceptors (Lipinski definition) is 3. The van der Waals surface area contributed by atoms with Crippen molar-refractivity contribution < 1.29 is 23.5 Å². The van der Waals surface area contributed by atoms with Gasteiger partial charge in [-0.15, -0.1) is 0 Å². The Balaban J connectivity index is 2.26. The van der Waals surface area contributed by atoms with Gasteiger partial charge >= 0.3 is 17.9 Å². The summed E-state index contributed by atoms with van der Waals surface area (Å²) in [5, 5.41) is 9.34. The lowest BCUT2D eigenvalue weighted by molar-refractivity contribution is -0.143. The molecule has 1 aliphatic heterocycles. The first kappa shape index (κ1) is 19.1. The Morgan fingerprint density at radius 2 is 2.08 bits per heavy atom. The topological polar surface area (TPSA) is 73.7 Å². The largest absolute Gasteiger partial charge is 0.480 e. The van der Waals surface area contributed by atoms with Crippen molar-refractivity contribution in [1.82, 2.24) is 14.8 Å². The van der Waals surface area contributed by atoms with Crippen LogP contribution in [0.3, 0.4) is 0 Å². The van der Waals surface area contributed by atoms with Gasteiger partial charge in [0.25, 0.3) is 0 Å². The van der Waals surface area contributed by atoms with Crippen LogP contribution in [0.15, 0.2) is 24.4 Å². The number of carbonyl (C=O) groups excluding carboxylic acids is 1. The van der Waals surface area contributed by atoms with Crippen molar-refractivity contribution >= 4 is 12.0 Å². The molecule has 1 saturated heterocycles. The van der Waals surface area contributed by atoms with Gasteiger partial charge in [-0.1, -0.05) is 19.9 Å². The molecule has 2 atom stereocenters. The highest BCUT2D eigenvalue weighted by Crippen LogP contribution is 2.39. The van der Waals surface area contributed by atoms with E-state index in [9.17, 15) is 23.5 Å². The van der Waals surface area contributed by atoms with Gasteiger partial charge in [-0.3, -0.25) is 4.98 Å². The fraction of sp³-hybridized carbons (Fsp3) is 0.588. The van der Waals surface area contributed by atoms with Crippen LogP contribution in [0.5, 0.6) is 0 Å². The number of likely N-dealkylation sites (tertiary alicyclic amines) is 1. The molecular formula is C17H23F2N3O3. The Morgan fingerprint density at radius 3 is 2.60 bits per heavy atom.